The average molecular weight is 396 g/mol. The van der Waals surface area contributed by atoms with E-state index < -0.39 is 0 Å². The Bertz CT molecular complexity index is 523. The summed E-state index contributed by atoms with van der Waals surface area (Å²) < 4.78 is 14.6. The van der Waals surface area contributed by atoms with E-state index in [2.05, 4.69) is 27.9 Å². The minimum absolute atomic E-state index is 0.323. The summed E-state index contributed by atoms with van der Waals surface area (Å²) in [6, 6.07) is 10.3. The highest BCUT2D eigenvalue weighted by atomic mass is 127. The summed E-state index contributed by atoms with van der Waals surface area (Å²) >= 11 is 14.0. The third kappa shape index (κ3) is 3.49. The van der Waals surface area contributed by atoms with Crippen molar-refractivity contribution in [1.82, 2.24) is 0 Å². The Hall–Kier alpha value is -0.520. The van der Waals surface area contributed by atoms with E-state index in [1.54, 1.807) is 12.1 Å². The molecular formula is C13H9Cl2FIN. The fraction of sp³-hybridized carbons (Fsp3) is 0.0769. The Morgan fingerprint density at radius 3 is 2.56 bits per heavy atom. The fourth-order valence-electron chi connectivity index (χ4n) is 1.49. The predicted molar refractivity (Wildman–Crippen MR) is 82.9 cm³/mol. The number of anilines is 1. The molecular weight excluding hydrogens is 387 g/mol. The van der Waals surface area contributed by atoms with Gasteiger partial charge in [-0.1, -0.05) is 29.3 Å². The maximum absolute atomic E-state index is 13.6. The lowest BCUT2D eigenvalue weighted by atomic mass is 10.2. The average Bonchev–Trinajstić information content (AvgIpc) is 2.30. The molecule has 0 spiro atoms. The van der Waals surface area contributed by atoms with Crippen molar-refractivity contribution in [2.24, 2.45) is 0 Å². The third-order valence-electron chi connectivity index (χ3n) is 2.42. The lowest BCUT2D eigenvalue weighted by Crippen LogP contribution is -2.02. The standard InChI is InChI=1S/C13H9Cl2FIN/c14-9-2-1-8(12(16)5-9)7-18-13-4-3-10(17)6-11(13)15/h1-6,18H,7H2. The summed E-state index contributed by atoms with van der Waals surface area (Å²) in [7, 11) is 0. The van der Waals surface area contributed by atoms with Crippen molar-refractivity contribution in [2.75, 3.05) is 5.32 Å². The molecule has 0 heterocycles. The lowest BCUT2D eigenvalue weighted by Gasteiger charge is -2.09. The van der Waals surface area contributed by atoms with Crippen molar-refractivity contribution < 1.29 is 4.39 Å². The highest BCUT2D eigenvalue weighted by Gasteiger charge is 2.05. The molecule has 0 bridgehead atoms. The van der Waals surface area contributed by atoms with Gasteiger partial charge in [0.1, 0.15) is 5.82 Å². The zero-order chi connectivity index (χ0) is 13.1. The topological polar surface area (TPSA) is 12.0 Å². The third-order valence-corrected chi connectivity index (χ3v) is 3.63. The van der Waals surface area contributed by atoms with Gasteiger partial charge in [-0.2, -0.15) is 0 Å². The molecule has 2 aromatic carbocycles. The molecule has 94 valence electrons. The van der Waals surface area contributed by atoms with Crippen LogP contribution in [0.25, 0.3) is 0 Å². The smallest absolute Gasteiger partial charge is 0.129 e. The molecule has 0 unspecified atom stereocenters. The number of halogens is 4. The number of nitrogens with one attached hydrogen (secondary N) is 1. The predicted octanol–water partition coefficient (Wildman–Crippen LogP) is 5.35. The van der Waals surface area contributed by atoms with Gasteiger partial charge in [0.25, 0.3) is 0 Å². The Labute approximate surface area is 128 Å². The van der Waals surface area contributed by atoms with E-state index >= 15 is 0 Å². The minimum atomic E-state index is -0.323. The second kappa shape index (κ2) is 6.08. The molecule has 1 N–H and O–H groups in total. The molecule has 18 heavy (non-hydrogen) atoms. The van der Waals surface area contributed by atoms with E-state index in [9.17, 15) is 4.39 Å². The van der Waals surface area contributed by atoms with Crippen LogP contribution in [0.5, 0.6) is 0 Å². The van der Waals surface area contributed by atoms with Crippen molar-refractivity contribution in [1.29, 1.82) is 0 Å². The first-order valence-electron chi connectivity index (χ1n) is 5.19. The van der Waals surface area contributed by atoms with Crippen LogP contribution in [0.3, 0.4) is 0 Å². The summed E-state index contributed by atoms with van der Waals surface area (Å²) in [4.78, 5) is 0. The molecule has 0 amide bonds. The van der Waals surface area contributed by atoms with Crippen LogP contribution in [0.1, 0.15) is 5.56 Å². The van der Waals surface area contributed by atoms with Crippen molar-refractivity contribution >= 4 is 51.5 Å². The molecule has 0 fully saturated rings. The van der Waals surface area contributed by atoms with Crippen LogP contribution in [-0.4, -0.2) is 0 Å². The van der Waals surface area contributed by atoms with Crippen LogP contribution in [0.2, 0.25) is 10.0 Å². The summed E-state index contributed by atoms with van der Waals surface area (Å²) in [6.45, 7) is 0.364. The Kier molecular flexibility index (Phi) is 4.70. The first-order valence-corrected chi connectivity index (χ1v) is 7.02. The number of hydrogen-bond donors (Lipinski definition) is 1. The molecule has 0 saturated heterocycles. The molecule has 2 rings (SSSR count). The van der Waals surface area contributed by atoms with Gasteiger partial charge in [0, 0.05) is 20.7 Å². The highest BCUT2D eigenvalue weighted by molar-refractivity contribution is 14.1. The largest absolute Gasteiger partial charge is 0.380 e. The second-order valence-corrected chi connectivity index (χ2v) is 5.80. The molecule has 5 heteroatoms. The van der Waals surface area contributed by atoms with Gasteiger partial charge < -0.3 is 5.32 Å². The van der Waals surface area contributed by atoms with Crippen molar-refractivity contribution in [3.05, 3.63) is 61.4 Å². The Morgan fingerprint density at radius 2 is 1.89 bits per heavy atom. The molecule has 0 saturated carbocycles. The van der Waals surface area contributed by atoms with Gasteiger partial charge in [-0.25, -0.2) is 4.39 Å². The maximum atomic E-state index is 13.6. The van der Waals surface area contributed by atoms with Crippen molar-refractivity contribution in [3.8, 4) is 0 Å². The van der Waals surface area contributed by atoms with E-state index in [-0.39, 0.29) is 5.82 Å². The Morgan fingerprint density at radius 1 is 1.11 bits per heavy atom. The summed E-state index contributed by atoms with van der Waals surface area (Å²) in [5.74, 6) is -0.323. The highest BCUT2D eigenvalue weighted by Crippen LogP contribution is 2.25. The van der Waals surface area contributed by atoms with Gasteiger partial charge in [0.2, 0.25) is 0 Å². The molecule has 1 nitrogen and oxygen atoms in total. The first-order chi connectivity index (χ1) is 8.56. The van der Waals surface area contributed by atoms with E-state index in [1.165, 1.54) is 6.07 Å². The van der Waals surface area contributed by atoms with Crippen LogP contribution in [0.15, 0.2) is 36.4 Å². The van der Waals surface area contributed by atoms with Crippen LogP contribution in [0, 0.1) is 9.39 Å². The van der Waals surface area contributed by atoms with Crippen LogP contribution in [0.4, 0.5) is 10.1 Å². The van der Waals surface area contributed by atoms with Gasteiger partial charge in [-0.15, -0.1) is 0 Å². The van der Waals surface area contributed by atoms with Gasteiger partial charge in [0.05, 0.1) is 10.7 Å². The zero-order valence-corrected chi connectivity index (χ0v) is 12.9. The molecule has 0 aliphatic heterocycles. The van der Waals surface area contributed by atoms with Gasteiger partial charge in [-0.05, 0) is 52.9 Å². The van der Waals surface area contributed by atoms with Crippen LogP contribution >= 0.6 is 45.8 Å². The molecule has 0 atom stereocenters. The molecule has 0 radical (unpaired) electrons. The lowest BCUT2D eigenvalue weighted by molar-refractivity contribution is 0.613. The summed E-state index contributed by atoms with van der Waals surface area (Å²) in [5.41, 5.74) is 1.33. The minimum Gasteiger partial charge on any atom is -0.380 e. The van der Waals surface area contributed by atoms with Gasteiger partial charge in [-0.3, -0.25) is 0 Å². The first kappa shape index (κ1) is 13.9. The van der Waals surface area contributed by atoms with Crippen LogP contribution in [-0.2, 0) is 6.54 Å². The van der Waals surface area contributed by atoms with E-state index in [0.717, 1.165) is 9.26 Å². The van der Waals surface area contributed by atoms with E-state index in [0.29, 0.717) is 22.2 Å². The number of rotatable bonds is 3. The SMILES string of the molecule is Fc1cc(Cl)ccc1CNc1ccc(I)cc1Cl. The zero-order valence-electron chi connectivity index (χ0n) is 9.18. The maximum Gasteiger partial charge on any atom is 0.129 e. The van der Waals surface area contributed by atoms with Gasteiger partial charge >= 0.3 is 0 Å². The molecule has 2 aromatic rings. The quantitative estimate of drug-likeness (QED) is 0.690. The summed E-state index contributed by atoms with van der Waals surface area (Å²) in [5, 5.41) is 4.11. The monoisotopic (exact) mass is 395 g/mol. The van der Waals surface area contributed by atoms with E-state index in [1.807, 2.05) is 18.2 Å². The van der Waals surface area contributed by atoms with Gasteiger partial charge in [0.15, 0.2) is 0 Å². The molecule has 0 aliphatic carbocycles. The Balaban J connectivity index is 2.11. The van der Waals surface area contributed by atoms with Crippen LogP contribution < -0.4 is 5.32 Å². The number of hydrogen-bond acceptors (Lipinski definition) is 1. The normalized spacial score (nSPS) is 10.4. The van der Waals surface area contributed by atoms with Crippen molar-refractivity contribution in [2.45, 2.75) is 6.54 Å². The van der Waals surface area contributed by atoms with Crippen molar-refractivity contribution in [3.63, 3.8) is 0 Å². The summed E-state index contributed by atoms with van der Waals surface area (Å²) in [6.07, 6.45) is 0. The second-order valence-electron chi connectivity index (χ2n) is 3.71. The fourth-order valence-corrected chi connectivity index (χ4v) is 2.57. The molecule has 0 aromatic heterocycles. The van der Waals surface area contributed by atoms with E-state index in [4.69, 9.17) is 23.2 Å². The number of benzene rings is 2. The molecule has 0 aliphatic rings.